The van der Waals surface area contributed by atoms with Crippen LogP contribution in [0.15, 0.2) is 18.6 Å². The first kappa shape index (κ1) is 6.48. The molecule has 0 aromatic carbocycles. The van der Waals surface area contributed by atoms with Crippen LogP contribution in [0.4, 0.5) is 0 Å². The molecule has 0 aromatic rings. The number of ether oxygens (including phenoxy) is 1. The van der Waals surface area contributed by atoms with Crippen LogP contribution >= 0.6 is 0 Å². The highest BCUT2D eigenvalue weighted by molar-refractivity contribution is 5.42. The third-order valence-corrected chi connectivity index (χ3v) is 0.374. The van der Waals surface area contributed by atoms with Crippen LogP contribution in [0.3, 0.4) is 0 Å². The maximum Gasteiger partial charge on any atom is 0.197 e. The molecule has 0 spiro atoms. The van der Waals surface area contributed by atoms with Gasteiger partial charge in [-0.05, 0) is 6.58 Å². The third kappa shape index (κ3) is 2.70. The smallest absolute Gasteiger partial charge is 0.197 e. The van der Waals surface area contributed by atoms with Crippen molar-refractivity contribution < 1.29 is 9.53 Å². The minimum Gasteiger partial charge on any atom is -0.443 e. The second-order valence-electron chi connectivity index (χ2n) is 0.889. The molecule has 0 aromatic heterocycles. The number of carbonyl (C=O) groups excluding carboxylic acids is 1. The molecule has 3 heteroatoms. The fourth-order valence-corrected chi connectivity index (χ4v) is 0.122. The minimum atomic E-state index is -0.117. The quantitative estimate of drug-likeness (QED) is 0.292. The largest absolute Gasteiger partial charge is 0.443 e. The molecule has 0 atom stereocenters. The molecule has 0 heterocycles. The molecule has 3 nitrogen and oxygen atoms in total. The molecular weight excluding hydrogens is 106 g/mol. The van der Waals surface area contributed by atoms with Crippen molar-refractivity contribution in [2.45, 2.75) is 0 Å². The van der Waals surface area contributed by atoms with Crippen LogP contribution in [0, 0.1) is 11.3 Å². The van der Waals surface area contributed by atoms with Crippen LogP contribution < -0.4 is 0 Å². The number of hydrogen-bond acceptors (Lipinski definition) is 3. The van der Waals surface area contributed by atoms with E-state index in [2.05, 4.69) is 11.3 Å². The van der Waals surface area contributed by atoms with Crippen LogP contribution in [-0.2, 0) is 9.53 Å². The van der Waals surface area contributed by atoms with Crippen molar-refractivity contribution in [3.63, 3.8) is 0 Å². The highest BCUT2D eigenvalue weighted by atomic mass is 16.5. The van der Waals surface area contributed by atoms with E-state index in [1.807, 2.05) is 0 Å². The lowest BCUT2D eigenvalue weighted by molar-refractivity contribution is 0.375. The molecule has 0 aliphatic carbocycles. The molecule has 40 valence electrons. The van der Waals surface area contributed by atoms with Crippen molar-refractivity contribution in [3.05, 3.63) is 18.6 Å². The minimum absolute atomic E-state index is 0.117. The highest BCUT2D eigenvalue weighted by Crippen LogP contribution is 1.86. The average Bonchev–Trinajstić information content (AvgIpc) is 1.83. The Balaban J connectivity index is 3.60. The molecule has 8 heavy (non-hydrogen) atoms. The first-order valence-electron chi connectivity index (χ1n) is 1.76. The lowest BCUT2D eigenvalue weighted by atomic mass is 10.6. The van der Waals surface area contributed by atoms with Gasteiger partial charge in [-0.25, -0.2) is 4.79 Å². The first-order chi connectivity index (χ1) is 3.81. The van der Waals surface area contributed by atoms with Crippen LogP contribution in [-0.4, -0.2) is 5.94 Å². The monoisotopic (exact) mass is 109 g/mol. The van der Waals surface area contributed by atoms with E-state index in [1.54, 1.807) is 6.07 Å². The van der Waals surface area contributed by atoms with E-state index in [0.717, 1.165) is 6.26 Å². The van der Waals surface area contributed by atoms with Gasteiger partial charge in [0, 0.05) is 0 Å². The summed E-state index contributed by atoms with van der Waals surface area (Å²) in [5, 5.41) is 7.94. The second-order valence-corrected chi connectivity index (χ2v) is 0.889. The number of hydrogen-bond donors (Lipinski definition) is 0. The Morgan fingerprint density at radius 1 is 1.88 bits per heavy atom. The molecule has 0 rings (SSSR count). The van der Waals surface area contributed by atoms with Gasteiger partial charge in [-0.1, -0.05) is 0 Å². The SMILES string of the molecule is C=C(C#N)OC=C=O. The standard InChI is InChI=1S/C5H3NO2/c1-5(4-6)8-3-2-7/h3H,1H2. The molecule has 0 fully saturated rings. The Hall–Kier alpha value is -1.52. The first-order valence-corrected chi connectivity index (χ1v) is 1.76. The number of rotatable bonds is 2. The lowest BCUT2D eigenvalue weighted by Gasteiger charge is -1.85. The molecule has 0 saturated heterocycles. The van der Waals surface area contributed by atoms with E-state index in [1.165, 1.54) is 5.94 Å². The van der Waals surface area contributed by atoms with E-state index in [-0.39, 0.29) is 5.76 Å². The van der Waals surface area contributed by atoms with E-state index >= 15 is 0 Å². The van der Waals surface area contributed by atoms with Crippen molar-refractivity contribution >= 4 is 5.94 Å². The summed E-state index contributed by atoms with van der Waals surface area (Å²) < 4.78 is 4.24. The van der Waals surface area contributed by atoms with Gasteiger partial charge in [-0.2, -0.15) is 5.26 Å². The van der Waals surface area contributed by atoms with Gasteiger partial charge in [0.05, 0.1) is 0 Å². The van der Waals surface area contributed by atoms with Gasteiger partial charge in [0.2, 0.25) is 0 Å². The van der Waals surface area contributed by atoms with Gasteiger partial charge in [-0.15, -0.1) is 0 Å². The van der Waals surface area contributed by atoms with Crippen molar-refractivity contribution in [3.8, 4) is 6.07 Å². The Morgan fingerprint density at radius 3 is 2.88 bits per heavy atom. The van der Waals surface area contributed by atoms with Gasteiger partial charge in [-0.3, -0.25) is 0 Å². The summed E-state index contributed by atoms with van der Waals surface area (Å²) >= 11 is 0. The zero-order chi connectivity index (χ0) is 6.41. The fourth-order valence-electron chi connectivity index (χ4n) is 0.122. The summed E-state index contributed by atoms with van der Waals surface area (Å²) in [7, 11) is 0. The number of nitrogens with zero attached hydrogens (tertiary/aromatic N) is 1. The Bertz CT molecular complexity index is 171. The Kier molecular flexibility index (Phi) is 2.97. The topological polar surface area (TPSA) is 50.1 Å². The van der Waals surface area contributed by atoms with Crippen molar-refractivity contribution in [1.82, 2.24) is 0 Å². The van der Waals surface area contributed by atoms with Gasteiger partial charge in [0.25, 0.3) is 0 Å². The van der Waals surface area contributed by atoms with Gasteiger partial charge >= 0.3 is 0 Å². The average molecular weight is 109 g/mol. The second kappa shape index (κ2) is 3.66. The third-order valence-electron chi connectivity index (χ3n) is 0.374. The molecule has 0 N–H and O–H groups in total. The summed E-state index contributed by atoms with van der Waals surface area (Å²) in [6.07, 6.45) is 0.728. The van der Waals surface area contributed by atoms with E-state index in [0.29, 0.717) is 0 Å². The van der Waals surface area contributed by atoms with Gasteiger partial charge < -0.3 is 4.74 Å². The fraction of sp³-hybridized carbons (Fsp3) is 0. The molecule has 0 amide bonds. The van der Waals surface area contributed by atoms with Gasteiger partial charge in [0.1, 0.15) is 6.07 Å². The van der Waals surface area contributed by atoms with Crippen LogP contribution in [0.25, 0.3) is 0 Å². The summed E-state index contributed by atoms with van der Waals surface area (Å²) in [6, 6.07) is 1.57. The molecule has 0 radical (unpaired) electrons. The molecule has 0 aliphatic rings. The molecule has 0 unspecified atom stereocenters. The Labute approximate surface area is 46.5 Å². The molecular formula is C5H3NO2. The van der Waals surface area contributed by atoms with E-state index in [9.17, 15) is 4.79 Å². The molecule has 0 saturated carbocycles. The van der Waals surface area contributed by atoms with Gasteiger partial charge in [0.15, 0.2) is 18.0 Å². The van der Waals surface area contributed by atoms with E-state index in [4.69, 9.17) is 5.26 Å². The van der Waals surface area contributed by atoms with Crippen molar-refractivity contribution in [2.24, 2.45) is 0 Å². The summed E-state index contributed by atoms with van der Waals surface area (Å²) in [5.41, 5.74) is 0. The highest BCUT2D eigenvalue weighted by Gasteiger charge is 1.81. The summed E-state index contributed by atoms with van der Waals surface area (Å²) in [4.78, 5) is 9.37. The maximum atomic E-state index is 9.37. The zero-order valence-electron chi connectivity index (χ0n) is 4.05. The predicted octanol–water partition coefficient (Wildman–Crippen LogP) is 0.386. The van der Waals surface area contributed by atoms with Crippen LogP contribution in [0.1, 0.15) is 0 Å². The normalized spacial score (nSPS) is 5.88. The number of nitriles is 1. The summed E-state index contributed by atoms with van der Waals surface area (Å²) in [6.45, 7) is 3.12. The maximum absolute atomic E-state index is 9.37. The number of allylic oxidation sites excluding steroid dienone is 1. The predicted molar refractivity (Wildman–Crippen MR) is 26.1 cm³/mol. The Morgan fingerprint density at radius 2 is 2.50 bits per heavy atom. The lowest BCUT2D eigenvalue weighted by Crippen LogP contribution is -1.75. The van der Waals surface area contributed by atoms with Crippen LogP contribution in [0.5, 0.6) is 0 Å². The van der Waals surface area contributed by atoms with Crippen molar-refractivity contribution in [1.29, 1.82) is 5.26 Å². The zero-order valence-corrected chi connectivity index (χ0v) is 4.05. The molecule has 0 bridgehead atoms. The van der Waals surface area contributed by atoms with Crippen molar-refractivity contribution in [2.75, 3.05) is 0 Å². The van der Waals surface area contributed by atoms with Crippen LogP contribution in [0.2, 0.25) is 0 Å². The van der Waals surface area contributed by atoms with E-state index < -0.39 is 0 Å². The summed E-state index contributed by atoms with van der Waals surface area (Å²) in [5.74, 6) is 1.21. The molecule has 0 aliphatic heterocycles.